The summed E-state index contributed by atoms with van der Waals surface area (Å²) >= 11 is 12.2. The standard InChI is InChI=1S/C32H33Cl2NO9/c1-4-5-6-7-27(36)44-17-19-13-25(42-2)28(26(14-19)43-3)20-10-8-18(9-11-20)12-24(32(40)41)35-30(37)29-22(33)15-21(31(38)39)16-23(29)34/h8-11,13-16,24H,4-7,12,17H2,1-3H3,(H,35,37)(H,38,39)(H,40,41). The second-order valence-corrected chi connectivity index (χ2v) is 10.7. The van der Waals surface area contributed by atoms with Gasteiger partial charge in [-0.15, -0.1) is 0 Å². The van der Waals surface area contributed by atoms with E-state index in [1.807, 2.05) is 0 Å². The molecule has 3 aromatic carbocycles. The number of ether oxygens (including phenoxy) is 3. The maximum absolute atomic E-state index is 12.9. The molecule has 0 aliphatic rings. The van der Waals surface area contributed by atoms with Crippen LogP contribution in [0.5, 0.6) is 11.5 Å². The Bertz CT molecular complexity index is 1470. The minimum absolute atomic E-state index is 0.0688. The third kappa shape index (κ3) is 8.87. The van der Waals surface area contributed by atoms with Gasteiger partial charge in [0, 0.05) is 12.8 Å². The highest BCUT2D eigenvalue weighted by atomic mass is 35.5. The zero-order chi connectivity index (χ0) is 32.4. The van der Waals surface area contributed by atoms with Crippen molar-refractivity contribution in [3.8, 4) is 22.6 Å². The number of carbonyl (C=O) groups is 4. The van der Waals surface area contributed by atoms with Crippen LogP contribution in [-0.4, -0.2) is 54.3 Å². The van der Waals surface area contributed by atoms with E-state index in [9.17, 15) is 24.3 Å². The molecule has 44 heavy (non-hydrogen) atoms. The van der Waals surface area contributed by atoms with Gasteiger partial charge in [-0.2, -0.15) is 0 Å². The first-order valence-corrected chi connectivity index (χ1v) is 14.5. The van der Waals surface area contributed by atoms with Gasteiger partial charge in [-0.3, -0.25) is 9.59 Å². The first kappa shape index (κ1) is 34.2. The van der Waals surface area contributed by atoms with Gasteiger partial charge in [-0.25, -0.2) is 9.59 Å². The molecule has 12 heteroatoms. The molecule has 0 saturated heterocycles. The Balaban J connectivity index is 1.78. The summed E-state index contributed by atoms with van der Waals surface area (Å²) in [6.45, 7) is 2.13. The summed E-state index contributed by atoms with van der Waals surface area (Å²) in [7, 11) is 3.03. The number of benzene rings is 3. The number of rotatable bonds is 15. The summed E-state index contributed by atoms with van der Waals surface area (Å²) < 4.78 is 16.7. The minimum Gasteiger partial charge on any atom is -0.496 e. The maximum atomic E-state index is 12.9. The van der Waals surface area contributed by atoms with E-state index in [4.69, 9.17) is 42.5 Å². The lowest BCUT2D eigenvalue weighted by Gasteiger charge is -2.18. The van der Waals surface area contributed by atoms with Crippen molar-refractivity contribution in [2.45, 2.75) is 51.7 Å². The number of unbranched alkanes of at least 4 members (excludes halogenated alkanes) is 2. The van der Waals surface area contributed by atoms with Crippen molar-refractivity contribution in [2.75, 3.05) is 14.2 Å². The van der Waals surface area contributed by atoms with Crippen LogP contribution in [0, 0.1) is 0 Å². The van der Waals surface area contributed by atoms with Gasteiger partial charge in [0.15, 0.2) is 0 Å². The van der Waals surface area contributed by atoms with Gasteiger partial charge in [0.2, 0.25) is 0 Å². The van der Waals surface area contributed by atoms with Crippen LogP contribution in [0.1, 0.15) is 64.4 Å². The van der Waals surface area contributed by atoms with E-state index < -0.39 is 23.9 Å². The van der Waals surface area contributed by atoms with Gasteiger partial charge in [-0.05, 0) is 47.4 Å². The molecule has 3 N–H and O–H groups in total. The molecule has 0 spiro atoms. The summed E-state index contributed by atoms with van der Waals surface area (Å²) in [5.41, 5.74) is 2.23. The molecule has 0 radical (unpaired) electrons. The van der Waals surface area contributed by atoms with Crippen molar-refractivity contribution in [3.05, 3.63) is 80.8 Å². The molecule has 1 unspecified atom stereocenters. The molecule has 0 aliphatic carbocycles. The Hall–Kier alpha value is -4.28. The first-order valence-electron chi connectivity index (χ1n) is 13.7. The predicted molar refractivity (Wildman–Crippen MR) is 165 cm³/mol. The molecular weight excluding hydrogens is 613 g/mol. The number of carboxylic acids is 2. The van der Waals surface area contributed by atoms with Crippen molar-refractivity contribution < 1.29 is 43.6 Å². The van der Waals surface area contributed by atoms with Crippen molar-refractivity contribution in [1.82, 2.24) is 5.32 Å². The van der Waals surface area contributed by atoms with E-state index in [0.29, 0.717) is 34.6 Å². The summed E-state index contributed by atoms with van der Waals surface area (Å²) in [5, 5.41) is 20.9. The SMILES string of the molecule is CCCCCC(=O)OCc1cc(OC)c(-c2ccc(CC(NC(=O)c3c(Cl)cc(C(=O)O)cc3Cl)C(=O)O)cc2)c(OC)c1. The summed E-state index contributed by atoms with van der Waals surface area (Å²) in [4.78, 5) is 48.2. The van der Waals surface area contributed by atoms with Crippen LogP contribution in [0.3, 0.4) is 0 Å². The predicted octanol–water partition coefficient (Wildman–Crippen LogP) is 6.43. The molecule has 3 aromatic rings. The van der Waals surface area contributed by atoms with E-state index in [1.165, 1.54) is 14.2 Å². The number of hydrogen-bond acceptors (Lipinski definition) is 7. The Kier molecular flexibility index (Phi) is 12.4. The number of amides is 1. The van der Waals surface area contributed by atoms with Gasteiger partial charge in [0.05, 0.1) is 41.0 Å². The van der Waals surface area contributed by atoms with Crippen LogP contribution in [0.2, 0.25) is 10.0 Å². The average molecular weight is 647 g/mol. The lowest BCUT2D eigenvalue weighted by atomic mass is 9.98. The topological polar surface area (TPSA) is 148 Å². The molecule has 0 aromatic heterocycles. The lowest BCUT2D eigenvalue weighted by Crippen LogP contribution is -2.42. The molecule has 0 bridgehead atoms. The highest BCUT2D eigenvalue weighted by Crippen LogP contribution is 2.40. The fourth-order valence-corrected chi connectivity index (χ4v) is 5.14. The Morgan fingerprint density at radius 2 is 1.45 bits per heavy atom. The van der Waals surface area contributed by atoms with Crippen LogP contribution in [0.4, 0.5) is 0 Å². The number of nitrogens with one attached hydrogen (secondary N) is 1. The van der Waals surface area contributed by atoms with Crippen LogP contribution in [-0.2, 0) is 27.4 Å². The lowest BCUT2D eigenvalue weighted by molar-refractivity contribution is -0.145. The zero-order valence-electron chi connectivity index (χ0n) is 24.4. The molecule has 0 fully saturated rings. The number of carbonyl (C=O) groups excluding carboxylic acids is 2. The van der Waals surface area contributed by atoms with Gasteiger partial charge < -0.3 is 29.7 Å². The Morgan fingerprint density at radius 1 is 0.864 bits per heavy atom. The summed E-state index contributed by atoms with van der Waals surface area (Å²) in [5.74, 6) is -2.71. The van der Waals surface area contributed by atoms with Crippen molar-refractivity contribution in [2.24, 2.45) is 0 Å². The first-order chi connectivity index (χ1) is 21.0. The average Bonchev–Trinajstić information content (AvgIpc) is 2.99. The smallest absolute Gasteiger partial charge is 0.335 e. The molecule has 3 rings (SSSR count). The molecule has 234 valence electrons. The number of carboxylic acid groups (broad SMARTS) is 2. The molecule has 1 atom stereocenters. The third-order valence-corrected chi connectivity index (χ3v) is 7.35. The highest BCUT2D eigenvalue weighted by Gasteiger charge is 2.25. The molecule has 0 heterocycles. The van der Waals surface area contributed by atoms with E-state index in [-0.39, 0.29) is 40.2 Å². The van der Waals surface area contributed by atoms with Gasteiger partial charge in [-0.1, -0.05) is 67.2 Å². The number of esters is 1. The second-order valence-electron chi connectivity index (χ2n) is 9.88. The van der Waals surface area contributed by atoms with Crippen LogP contribution in [0.15, 0.2) is 48.5 Å². The van der Waals surface area contributed by atoms with Gasteiger partial charge >= 0.3 is 17.9 Å². The number of aromatic carboxylic acids is 1. The van der Waals surface area contributed by atoms with E-state index >= 15 is 0 Å². The van der Waals surface area contributed by atoms with Gasteiger partial charge in [0.25, 0.3) is 5.91 Å². The molecule has 0 saturated carbocycles. The number of methoxy groups -OCH3 is 2. The highest BCUT2D eigenvalue weighted by molar-refractivity contribution is 6.40. The monoisotopic (exact) mass is 645 g/mol. The van der Waals surface area contributed by atoms with Crippen molar-refractivity contribution in [1.29, 1.82) is 0 Å². The van der Waals surface area contributed by atoms with Crippen LogP contribution >= 0.6 is 23.2 Å². The van der Waals surface area contributed by atoms with E-state index in [1.54, 1.807) is 36.4 Å². The zero-order valence-corrected chi connectivity index (χ0v) is 26.0. The quantitative estimate of drug-likeness (QED) is 0.126. The fourth-order valence-electron chi connectivity index (χ4n) is 4.48. The number of halogens is 2. The van der Waals surface area contributed by atoms with Crippen LogP contribution in [0.25, 0.3) is 11.1 Å². The molecular formula is C32H33Cl2NO9. The fraction of sp³-hybridized carbons (Fsp3) is 0.312. The second kappa shape index (κ2) is 16.0. The normalized spacial score (nSPS) is 11.4. The minimum atomic E-state index is -1.34. The van der Waals surface area contributed by atoms with E-state index in [2.05, 4.69) is 12.2 Å². The number of aliphatic carboxylic acids is 1. The Labute approximate surface area is 264 Å². The molecule has 1 amide bonds. The van der Waals surface area contributed by atoms with Crippen LogP contribution < -0.4 is 14.8 Å². The third-order valence-electron chi connectivity index (χ3n) is 6.75. The maximum Gasteiger partial charge on any atom is 0.335 e. The molecule has 0 aliphatic heterocycles. The van der Waals surface area contributed by atoms with Gasteiger partial charge in [0.1, 0.15) is 24.1 Å². The largest absolute Gasteiger partial charge is 0.496 e. The van der Waals surface area contributed by atoms with E-state index in [0.717, 1.165) is 37.0 Å². The molecule has 10 nitrogen and oxygen atoms in total. The number of hydrogen-bond donors (Lipinski definition) is 3. The Morgan fingerprint density at radius 3 is 1.95 bits per heavy atom. The summed E-state index contributed by atoms with van der Waals surface area (Å²) in [6, 6.07) is 11.3. The van der Waals surface area contributed by atoms with Crippen molar-refractivity contribution >= 4 is 47.0 Å². The van der Waals surface area contributed by atoms with Crippen molar-refractivity contribution in [3.63, 3.8) is 0 Å². The summed E-state index contributed by atoms with van der Waals surface area (Å²) in [6.07, 6.45) is 3.05.